The molecule has 170 valence electrons. The number of piperazine rings is 1. The van der Waals surface area contributed by atoms with Gasteiger partial charge in [-0.05, 0) is 33.0 Å². The average Bonchev–Trinajstić information content (AvgIpc) is 2.76. The first-order chi connectivity index (χ1) is 14.3. The number of morpholine rings is 1. The molecule has 1 aromatic heterocycles. The fourth-order valence-electron chi connectivity index (χ4n) is 3.70. The molecule has 30 heavy (non-hydrogen) atoms. The van der Waals surface area contributed by atoms with Gasteiger partial charge in [0.25, 0.3) is 0 Å². The number of pyridine rings is 1. The monoisotopic (exact) mass is 531 g/mol. The number of hydrogen-bond acceptors (Lipinski definition) is 6. The van der Waals surface area contributed by atoms with E-state index < -0.39 is 0 Å². The molecule has 0 aliphatic carbocycles. The summed E-state index contributed by atoms with van der Waals surface area (Å²) in [4.78, 5) is 16.7. The molecule has 2 aliphatic heterocycles. The number of anilines is 1. The number of halogens is 1. The van der Waals surface area contributed by atoms with Gasteiger partial charge in [0.05, 0.1) is 19.8 Å². The molecule has 0 saturated carbocycles. The van der Waals surface area contributed by atoms with Gasteiger partial charge in [-0.2, -0.15) is 0 Å². The predicted octanol–water partition coefficient (Wildman–Crippen LogP) is 1.23. The number of guanidine groups is 1. The van der Waals surface area contributed by atoms with Gasteiger partial charge in [-0.25, -0.2) is 9.98 Å². The number of nitrogens with zero attached hydrogens (tertiary/aromatic N) is 5. The lowest BCUT2D eigenvalue weighted by molar-refractivity contribution is 0.0376. The average molecular weight is 531 g/mol. The number of hydrogen-bond donors (Lipinski definition) is 2. The standard InChI is InChI=1S/C21H37N7O.HI/c1-3-22-21(24-8-5-9-27-14-16-29-17-15-27)25-18-19-6-4-7-23-20(19)28-12-10-26(2)11-13-28;/h4,6-7H,3,5,8-18H2,1-2H3,(H2,22,24,25);1H. The highest BCUT2D eigenvalue weighted by Gasteiger charge is 2.17. The summed E-state index contributed by atoms with van der Waals surface area (Å²) in [5.74, 6) is 1.95. The van der Waals surface area contributed by atoms with Crippen LogP contribution in [0.5, 0.6) is 0 Å². The maximum Gasteiger partial charge on any atom is 0.191 e. The fraction of sp³-hybridized carbons (Fsp3) is 0.714. The van der Waals surface area contributed by atoms with Crippen LogP contribution in [0.25, 0.3) is 0 Å². The van der Waals surface area contributed by atoms with E-state index in [-0.39, 0.29) is 24.0 Å². The second kappa shape index (κ2) is 14.0. The van der Waals surface area contributed by atoms with Crippen molar-refractivity contribution in [3.05, 3.63) is 23.9 Å². The van der Waals surface area contributed by atoms with Gasteiger partial charge < -0.3 is 25.2 Å². The molecule has 0 unspecified atom stereocenters. The van der Waals surface area contributed by atoms with E-state index in [9.17, 15) is 0 Å². The van der Waals surface area contributed by atoms with Crippen molar-refractivity contribution >= 4 is 35.8 Å². The van der Waals surface area contributed by atoms with Crippen molar-refractivity contribution in [1.82, 2.24) is 25.4 Å². The Hall–Kier alpha value is -1.17. The Bertz CT molecular complexity index is 632. The van der Waals surface area contributed by atoms with Crippen LogP contribution >= 0.6 is 24.0 Å². The molecule has 9 heteroatoms. The van der Waals surface area contributed by atoms with E-state index in [4.69, 9.17) is 9.73 Å². The molecule has 1 aromatic rings. The Balaban J connectivity index is 0.00000320. The highest BCUT2D eigenvalue weighted by molar-refractivity contribution is 14.0. The van der Waals surface area contributed by atoms with Crippen molar-refractivity contribution in [2.24, 2.45) is 4.99 Å². The maximum absolute atomic E-state index is 5.41. The molecule has 2 saturated heterocycles. The zero-order valence-electron chi connectivity index (χ0n) is 18.5. The minimum Gasteiger partial charge on any atom is -0.379 e. The quantitative estimate of drug-likeness (QED) is 0.227. The lowest BCUT2D eigenvalue weighted by atomic mass is 10.2. The molecule has 0 atom stereocenters. The van der Waals surface area contributed by atoms with E-state index in [0.29, 0.717) is 6.54 Å². The molecular formula is C21H38IN7O. The molecule has 0 spiro atoms. The predicted molar refractivity (Wildman–Crippen MR) is 134 cm³/mol. The van der Waals surface area contributed by atoms with Crippen molar-refractivity contribution in [3.63, 3.8) is 0 Å². The van der Waals surface area contributed by atoms with Gasteiger partial charge in [-0.15, -0.1) is 24.0 Å². The zero-order chi connectivity index (χ0) is 20.3. The maximum atomic E-state index is 5.41. The van der Waals surface area contributed by atoms with Crippen LogP contribution in [0.4, 0.5) is 5.82 Å². The van der Waals surface area contributed by atoms with Crippen molar-refractivity contribution in [1.29, 1.82) is 0 Å². The summed E-state index contributed by atoms with van der Waals surface area (Å²) in [6, 6.07) is 4.15. The molecule has 2 N–H and O–H groups in total. The Kier molecular flexibility index (Phi) is 11.7. The van der Waals surface area contributed by atoms with Crippen LogP contribution < -0.4 is 15.5 Å². The topological polar surface area (TPSA) is 68.3 Å². The van der Waals surface area contributed by atoms with Crippen LogP contribution in [-0.4, -0.2) is 99.9 Å². The second-order valence-electron chi connectivity index (χ2n) is 7.71. The van der Waals surface area contributed by atoms with E-state index in [0.717, 1.165) is 90.3 Å². The fourth-order valence-corrected chi connectivity index (χ4v) is 3.70. The Morgan fingerprint density at radius 3 is 2.63 bits per heavy atom. The SMILES string of the molecule is CCNC(=NCc1cccnc1N1CCN(C)CC1)NCCCN1CCOCC1.I. The summed E-state index contributed by atoms with van der Waals surface area (Å²) < 4.78 is 5.41. The van der Waals surface area contributed by atoms with Gasteiger partial charge in [0.2, 0.25) is 0 Å². The molecule has 8 nitrogen and oxygen atoms in total. The smallest absolute Gasteiger partial charge is 0.191 e. The van der Waals surface area contributed by atoms with Crippen molar-refractivity contribution < 1.29 is 4.74 Å². The van der Waals surface area contributed by atoms with E-state index in [1.54, 1.807) is 0 Å². The molecule has 3 heterocycles. The van der Waals surface area contributed by atoms with Crippen molar-refractivity contribution in [2.75, 3.05) is 84.1 Å². The number of nitrogens with one attached hydrogen (secondary N) is 2. The first-order valence-electron chi connectivity index (χ1n) is 11.0. The number of aromatic nitrogens is 1. The Morgan fingerprint density at radius 1 is 1.13 bits per heavy atom. The molecule has 0 radical (unpaired) electrons. The van der Waals surface area contributed by atoms with E-state index in [1.807, 2.05) is 12.3 Å². The molecule has 3 rings (SSSR count). The number of likely N-dealkylation sites (N-methyl/N-ethyl adjacent to an activating group) is 1. The highest BCUT2D eigenvalue weighted by Crippen LogP contribution is 2.19. The van der Waals surface area contributed by atoms with Gasteiger partial charge in [-0.1, -0.05) is 6.07 Å². The zero-order valence-corrected chi connectivity index (χ0v) is 20.8. The van der Waals surface area contributed by atoms with E-state index >= 15 is 0 Å². The summed E-state index contributed by atoms with van der Waals surface area (Å²) in [7, 11) is 2.17. The normalized spacial score (nSPS) is 18.7. The third-order valence-corrected chi connectivity index (χ3v) is 5.47. The third kappa shape index (κ3) is 8.16. The summed E-state index contributed by atoms with van der Waals surface area (Å²) >= 11 is 0. The lowest BCUT2D eigenvalue weighted by Crippen LogP contribution is -2.45. The number of aliphatic imine (C=N–C) groups is 1. The molecule has 2 fully saturated rings. The van der Waals surface area contributed by atoms with Crippen LogP contribution in [0.1, 0.15) is 18.9 Å². The molecule has 0 bridgehead atoms. The molecule has 2 aliphatic rings. The summed E-state index contributed by atoms with van der Waals surface area (Å²) in [6.45, 7) is 13.6. The second-order valence-corrected chi connectivity index (χ2v) is 7.71. The minimum atomic E-state index is 0. The Morgan fingerprint density at radius 2 is 1.90 bits per heavy atom. The number of rotatable bonds is 8. The first-order valence-corrected chi connectivity index (χ1v) is 11.0. The number of ether oxygens (including phenoxy) is 1. The van der Waals surface area contributed by atoms with Gasteiger partial charge in [0.1, 0.15) is 5.82 Å². The van der Waals surface area contributed by atoms with Crippen LogP contribution in [0.2, 0.25) is 0 Å². The first kappa shape index (κ1) is 25.1. The largest absolute Gasteiger partial charge is 0.379 e. The van der Waals surface area contributed by atoms with E-state index in [2.05, 4.69) is 50.4 Å². The van der Waals surface area contributed by atoms with Crippen molar-refractivity contribution in [3.8, 4) is 0 Å². The summed E-state index contributed by atoms with van der Waals surface area (Å²) in [5.41, 5.74) is 1.18. The van der Waals surface area contributed by atoms with Gasteiger partial charge in [0.15, 0.2) is 5.96 Å². The van der Waals surface area contributed by atoms with Gasteiger partial charge in [-0.3, -0.25) is 4.90 Å². The molecular weight excluding hydrogens is 493 g/mol. The van der Waals surface area contributed by atoms with Crippen molar-refractivity contribution in [2.45, 2.75) is 19.9 Å². The Labute approximate surface area is 198 Å². The van der Waals surface area contributed by atoms with Crippen LogP contribution in [0.3, 0.4) is 0 Å². The molecule has 0 amide bonds. The van der Waals surface area contributed by atoms with Gasteiger partial charge in [0, 0.05) is 64.1 Å². The van der Waals surface area contributed by atoms with Crippen LogP contribution in [-0.2, 0) is 11.3 Å². The van der Waals surface area contributed by atoms with E-state index in [1.165, 1.54) is 5.56 Å². The van der Waals surface area contributed by atoms with Crippen LogP contribution in [0.15, 0.2) is 23.3 Å². The summed E-state index contributed by atoms with van der Waals surface area (Å²) in [5, 5.41) is 6.84. The third-order valence-electron chi connectivity index (χ3n) is 5.47. The molecule has 0 aromatic carbocycles. The lowest BCUT2D eigenvalue weighted by Gasteiger charge is -2.34. The summed E-state index contributed by atoms with van der Waals surface area (Å²) in [6.07, 6.45) is 2.99. The van der Waals surface area contributed by atoms with Crippen LogP contribution in [0, 0.1) is 0 Å². The minimum absolute atomic E-state index is 0. The highest BCUT2D eigenvalue weighted by atomic mass is 127. The van der Waals surface area contributed by atoms with Gasteiger partial charge >= 0.3 is 0 Å².